The largest absolute Gasteiger partial charge is 0.465 e. The van der Waals surface area contributed by atoms with E-state index < -0.39 is 29.3 Å². The normalized spacial score (nSPS) is 19.0. The number of aromatic nitrogens is 3. The summed E-state index contributed by atoms with van der Waals surface area (Å²) < 4.78 is 28.4. The first-order chi connectivity index (χ1) is 29.2. The number of amides is 4. The van der Waals surface area contributed by atoms with Crippen LogP contribution in [0.25, 0.3) is 33.4 Å². The Hall–Kier alpha value is -4.93. The fraction of sp³-hybridized carbons (Fsp3) is 0.556. The zero-order valence-electron chi connectivity index (χ0n) is 36.8. The van der Waals surface area contributed by atoms with Crippen molar-refractivity contribution in [3.63, 3.8) is 0 Å². The maximum Gasteiger partial charge on any atom is 0.320 e. The molecule has 1 aromatic carbocycles. The monoisotopic (exact) mass is 860 g/mol. The van der Waals surface area contributed by atoms with Gasteiger partial charge in [0.25, 0.3) is 5.91 Å². The van der Waals surface area contributed by atoms with Crippen LogP contribution in [0.3, 0.4) is 0 Å². The molecule has 4 aromatic rings. The van der Waals surface area contributed by atoms with Gasteiger partial charge in [0.2, 0.25) is 5.91 Å². The summed E-state index contributed by atoms with van der Waals surface area (Å²) in [6, 6.07) is 7.91. The number of likely N-dealkylation sites (tertiary alicyclic amines) is 1. The van der Waals surface area contributed by atoms with Gasteiger partial charge in [-0.3, -0.25) is 19.4 Å². The Balaban J connectivity index is 1.42. The van der Waals surface area contributed by atoms with Crippen molar-refractivity contribution in [2.24, 2.45) is 11.3 Å². The number of methoxy groups -OCH3 is 1. The van der Waals surface area contributed by atoms with Crippen molar-refractivity contribution < 1.29 is 33.1 Å². The van der Waals surface area contributed by atoms with Gasteiger partial charge in [0.1, 0.15) is 12.1 Å². The van der Waals surface area contributed by atoms with Gasteiger partial charge in [-0.25, -0.2) is 14.8 Å². The fourth-order valence-corrected chi connectivity index (χ4v) is 9.45. The number of esters is 1. The zero-order chi connectivity index (χ0) is 44.0. The number of aryl methyl sites for hydroxylation is 1. The van der Waals surface area contributed by atoms with Crippen LogP contribution in [0.15, 0.2) is 41.9 Å². The average molecular weight is 861 g/mol. The first-order valence-corrected chi connectivity index (χ1v) is 22.3. The van der Waals surface area contributed by atoms with E-state index >= 15 is 0 Å². The molecule has 4 amide bonds. The first-order valence-electron chi connectivity index (χ1n) is 21.4. The molecule has 2 N–H and O–H groups in total. The molecule has 5 heterocycles. The van der Waals surface area contributed by atoms with Gasteiger partial charge in [-0.15, -0.1) is 15.8 Å². The highest BCUT2D eigenvalue weighted by Crippen LogP contribution is 2.42. The number of ether oxygens (including phenoxy) is 2. The summed E-state index contributed by atoms with van der Waals surface area (Å²) in [4.78, 5) is 67.8. The van der Waals surface area contributed by atoms with Crippen LogP contribution in [0, 0.1) is 11.3 Å². The van der Waals surface area contributed by atoms with E-state index in [2.05, 4.69) is 48.9 Å². The molecule has 61 heavy (non-hydrogen) atoms. The summed E-state index contributed by atoms with van der Waals surface area (Å²) >= 11 is 1.35. The topological polar surface area (TPSA) is 151 Å². The number of fused-ring (bicyclic) bond motifs is 4. The maximum absolute atomic E-state index is 14.4. The van der Waals surface area contributed by atoms with Crippen LogP contribution in [0.4, 0.5) is 9.28 Å². The number of rotatable bonds is 9. The second-order valence-corrected chi connectivity index (χ2v) is 18.3. The van der Waals surface area contributed by atoms with Gasteiger partial charge in [0, 0.05) is 92.2 Å². The molecule has 2 aliphatic rings. The van der Waals surface area contributed by atoms with Crippen molar-refractivity contribution in [2.75, 3.05) is 40.4 Å². The molecular formula is C45H61FN8O6S. The highest BCUT2D eigenvalue weighted by atomic mass is 32.1. The number of halogens is 1. The maximum atomic E-state index is 14.4. The summed E-state index contributed by atoms with van der Waals surface area (Å²) in [6.07, 6.45) is 4.59. The third kappa shape index (κ3) is 10.2. The van der Waals surface area contributed by atoms with Crippen molar-refractivity contribution >= 4 is 46.1 Å². The lowest BCUT2D eigenvalue weighted by molar-refractivity contribution is -0.147. The predicted octanol–water partition coefficient (Wildman–Crippen LogP) is 7.27. The quantitative estimate of drug-likeness (QED) is 0.131. The minimum absolute atomic E-state index is 0.0200. The number of hydrogen-bond acceptors (Lipinski definition) is 10. The summed E-state index contributed by atoms with van der Waals surface area (Å²) in [7, 11) is 3.28. The number of pyridine rings is 1. The predicted molar refractivity (Wildman–Crippen MR) is 234 cm³/mol. The van der Waals surface area contributed by atoms with Crippen LogP contribution in [-0.4, -0.2) is 106 Å². The van der Waals surface area contributed by atoms with Crippen LogP contribution < -0.4 is 11.0 Å². The molecule has 1 fully saturated rings. The minimum Gasteiger partial charge on any atom is -0.465 e. The Morgan fingerprint density at radius 1 is 1.10 bits per heavy atom. The molecule has 4 bridgehead atoms. The number of nitrogens with zero attached hydrogens (tertiary/aromatic N) is 6. The van der Waals surface area contributed by atoms with E-state index in [4.69, 9.17) is 19.4 Å². The Morgan fingerprint density at radius 2 is 1.84 bits per heavy atom. The molecule has 0 radical (unpaired) electrons. The number of nitrogens with one attached hydrogen (secondary N) is 2. The van der Waals surface area contributed by atoms with Crippen molar-refractivity contribution in [2.45, 2.75) is 111 Å². The highest BCUT2D eigenvalue weighted by Gasteiger charge is 2.37. The molecule has 3 atom stereocenters. The summed E-state index contributed by atoms with van der Waals surface area (Å²) in [5, 5.41) is 7.22. The molecular weight excluding hydrogens is 800 g/mol. The lowest BCUT2D eigenvalue weighted by atomic mass is 9.84. The molecule has 14 nitrogen and oxygen atoms in total. The van der Waals surface area contributed by atoms with Crippen LogP contribution in [0.1, 0.15) is 96.0 Å². The van der Waals surface area contributed by atoms with Crippen molar-refractivity contribution in [1.29, 1.82) is 0 Å². The van der Waals surface area contributed by atoms with Gasteiger partial charge < -0.3 is 29.2 Å². The Labute approximate surface area is 362 Å². The molecule has 3 aromatic heterocycles. The standard InChI is InChI=1S/C45H61FN8O6S/c1-9-53-36-18-17-30-23-32(36)33(41(53)31-15-14-19-47-39(31)29(4)59-8)25-45(5,6)27-60-38(55)16-10-11-22-54(50-46)43(57)34(24-37-48-35(30)26-61-37)49-42(56)40(28(2)3)51(7)44(58)52-20-12-13-21-52/h14-15,17-19,23,26,28-29,34,40,50H,9-13,16,20-22,24-25,27H2,1-8H3,(H,49,56)/t29-,34-,40?/m0/s1. The highest BCUT2D eigenvalue weighted by molar-refractivity contribution is 7.10. The SMILES string of the molecule is CCn1c(-c2cccnc2[C@H](C)OC)c2c3cc(ccc31)-c1csc(n1)C[C@H](NC(=O)C(C(C)C)N(C)C(=O)N1CCCC1)C(=O)N(NF)CCCCC(=O)OCC(C)(C)C2. The van der Waals surface area contributed by atoms with Crippen LogP contribution in [-0.2, 0) is 43.2 Å². The third-order valence-electron chi connectivity index (χ3n) is 11.8. The number of hydrogen-bond donors (Lipinski definition) is 2. The number of urea groups is 1. The average Bonchev–Trinajstić information content (AvgIpc) is 4.02. The van der Waals surface area contributed by atoms with Gasteiger partial charge in [-0.05, 0) is 81.7 Å². The minimum atomic E-state index is -1.22. The number of hydrazine groups is 1. The number of benzene rings is 1. The summed E-state index contributed by atoms with van der Waals surface area (Å²) in [5.41, 5.74) is 7.50. The second-order valence-electron chi connectivity index (χ2n) is 17.3. The number of carbonyl (C=O) groups excluding carboxylic acids is 4. The molecule has 1 unspecified atom stereocenters. The number of carbonyl (C=O) groups is 4. The van der Waals surface area contributed by atoms with Gasteiger partial charge in [0.05, 0.1) is 34.8 Å². The van der Waals surface area contributed by atoms with E-state index in [0.717, 1.165) is 56.8 Å². The van der Waals surface area contributed by atoms with E-state index in [9.17, 15) is 23.7 Å². The molecule has 0 saturated carbocycles. The van der Waals surface area contributed by atoms with E-state index in [1.165, 1.54) is 21.9 Å². The zero-order valence-corrected chi connectivity index (χ0v) is 37.6. The molecule has 2 aliphatic heterocycles. The van der Waals surface area contributed by atoms with E-state index in [1.54, 1.807) is 25.3 Å². The Kier molecular flexibility index (Phi) is 14.8. The number of cyclic esters (lactones) is 1. The smallest absolute Gasteiger partial charge is 0.320 e. The molecule has 330 valence electrons. The van der Waals surface area contributed by atoms with Crippen molar-refractivity contribution in [1.82, 2.24) is 40.3 Å². The van der Waals surface area contributed by atoms with Crippen LogP contribution in [0.2, 0.25) is 0 Å². The second kappa shape index (κ2) is 19.8. The van der Waals surface area contributed by atoms with Crippen LogP contribution >= 0.6 is 11.3 Å². The number of likely N-dealkylation sites (N-methyl/N-ethyl adjacent to an activating group) is 1. The van der Waals surface area contributed by atoms with Crippen LogP contribution in [0.5, 0.6) is 0 Å². The molecule has 0 spiro atoms. The molecule has 6 rings (SSSR count). The van der Waals surface area contributed by atoms with Gasteiger partial charge >= 0.3 is 12.0 Å². The number of thiazole rings is 1. The molecule has 0 aliphatic carbocycles. The van der Waals surface area contributed by atoms with Crippen molar-refractivity contribution in [3.8, 4) is 22.5 Å². The van der Waals surface area contributed by atoms with E-state index in [-0.39, 0.29) is 50.0 Å². The van der Waals surface area contributed by atoms with Gasteiger partial charge in [-0.2, -0.15) is 0 Å². The van der Waals surface area contributed by atoms with Gasteiger partial charge in [0.15, 0.2) is 0 Å². The third-order valence-corrected chi connectivity index (χ3v) is 12.7. The molecule has 16 heteroatoms. The van der Waals surface area contributed by atoms with E-state index in [1.807, 2.05) is 38.3 Å². The van der Waals surface area contributed by atoms with E-state index in [0.29, 0.717) is 49.6 Å². The lowest BCUT2D eigenvalue weighted by Gasteiger charge is -2.34. The fourth-order valence-electron chi connectivity index (χ4n) is 8.60. The van der Waals surface area contributed by atoms with Crippen molar-refractivity contribution in [3.05, 3.63) is 58.2 Å². The Bertz CT molecular complexity index is 2200. The first kappa shape index (κ1) is 45.6. The lowest BCUT2D eigenvalue weighted by Crippen LogP contribution is -2.59. The summed E-state index contributed by atoms with van der Waals surface area (Å²) in [5.74, 6) is -1.90. The Morgan fingerprint density at radius 3 is 2.52 bits per heavy atom. The molecule has 1 saturated heterocycles. The summed E-state index contributed by atoms with van der Waals surface area (Å²) in [6.45, 7) is 14.0. The van der Waals surface area contributed by atoms with Gasteiger partial charge in [-0.1, -0.05) is 39.4 Å².